The molecule has 1 N–H and O–H groups in total. The van der Waals surface area contributed by atoms with E-state index in [1.54, 1.807) is 30.3 Å². The predicted molar refractivity (Wildman–Crippen MR) is 107 cm³/mol. The van der Waals surface area contributed by atoms with Crippen LogP contribution in [0.1, 0.15) is 18.4 Å². The van der Waals surface area contributed by atoms with Crippen molar-refractivity contribution in [3.05, 3.63) is 66.2 Å². The second-order valence-electron chi connectivity index (χ2n) is 6.82. The van der Waals surface area contributed by atoms with E-state index in [0.717, 1.165) is 5.56 Å². The van der Waals surface area contributed by atoms with Crippen molar-refractivity contribution < 1.29 is 23.8 Å². The van der Waals surface area contributed by atoms with Crippen molar-refractivity contribution in [1.29, 1.82) is 0 Å². The van der Waals surface area contributed by atoms with Crippen molar-refractivity contribution in [3.63, 3.8) is 0 Å². The number of amides is 1. The first kappa shape index (κ1) is 20.3. The zero-order valence-electron chi connectivity index (χ0n) is 15.6. The molecule has 0 aliphatic carbocycles. The molecule has 0 spiro atoms. The van der Waals surface area contributed by atoms with Crippen molar-refractivity contribution >= 4 is 24.5 Å². The summed E-state index contributed by atoms with van der Waals surface area (Å²) in [7, 11) is -3.46. The van der Waals surface area contributed by atoms with Gasteiger partial charge in [-0.15, -0.1) is 0 Å². The summed E-state index contributed by atoms with van der Waals surface area (Å²) < 4.78 is 19.4. The van der Waals surface area contributed by atoms with E-state index < -0.39 is 25.3 Å². The Morgan fingerprint density at radius 2 is 1.71 bits per heavy atom. The Kier molecular flexibility index (Phi) is 6.65. The zero-order valence-corrected chi connectivity index (χ0v) is 16.5. The first-order valence-electron chi connectivity index (χ1n) is 9.35. The summed E-state index contributed by atoms with van der Waals surface area (Å²) in [6.45, 7) is 0.584. The number of likely N-dealkylation sites (tertiary alicyclic amines) is 1. The van der Waals surface area contributed by atoms with E-state index in [-0.39, 0.29) is 12.8 Å². The SMILES string of the molecule is O=C(O)[C@@H]1CCCN1C(=O)CP(=O)(OCCc1ccccc1)c1ccccc1. The Balaban J connectivity index is 1.74. The molecule has 2 aromatic rings. The van der Waals surface area contributed by atoms with Gasteiger partial charge in [-0.05, 0) is 37.0 Å². The molecule has 6 nitrogen and oxygen atoms in total. The van der Waals surface area contributed by atoms with Crippen LogP contribution in [0.15, 0.2) is 60.7 Å². The number of carbonyl (C=O) groups is 2. The number of hydrogen-bond donors (Lipinski definition) is 1. The second-order valence-corrected chi connectivity index (χ2v) is 9.26. The van der Waals surface area contributed by atoms with Crippen molar-refractivity contribution in [2.75, 3.05) is 19.3 Å². The molecule has 1 saturated heterocycles. The van der Waals surface area contributed by atoms with Gasteiger partial charge in [0.25, 0.3) is 0 Å². The summed E-state index contributed by atoms with van der Waals surface area (Å²) in [6, 6.07) is 17.5. The van der Waals surface area contributed by atoms with E-state index in [1.165, 1.54) is 4.90 Å². The maximum Gasteiger partial charge on any atom is 0.326 e. The van der Waals surface area contributed by atoms with Gasteiger partial charge in [-0.2, -0.15) is 0 Å². The van der Waals surface area contributed by atoms with Gasteiger partial charge in [0.1, 0.15) is 12.2 Å². The fourth-order valence-electron chi connectivity index (χ4n) is 3.41. The average molecular weight is 401 g/mol. The third-order valence-corrected chi connectivity index (χ3v) is 7.26. The number of aliphatic carboxylic acids is 1. The molecule has 1 heterocycles. The molecule has 3 rings (SSSR count). The number of benzene rings is 2. The smallest absolute Gasteiger partial charge is 0.326 e. The monoisotopic (exact) mass is 401 g/mol. The fourth-order valence-corrected chi connectivity index (χ4v) is 5.39. The molecule has 1 aliphatic heterocycles. The lowest BCUT2D eigenvalue weighted by Gasteiger charge is -2.25. The van der Waals surface area contributed by atoms with Gasteiger partial charge in [0, 0.05) is 11.8 Å². The lowest BCUT2D eigenvalue weighted by Crippen LogP contribution is -2.42. The molecule has 0 radical (unpaired) electrons. The van der Waals surface area contributed by atoms with Crippen LogP contribution in [0.2, 0.25) is 0 Å². The summed E-state index contributed by atoms with van der Waals surface area (Å²) in [6.07, 6.45) is 1.31. The molecule has 0 saturated carbocycles. The van der Waals surface area contributed by atoms with Crippen LogP contribution in [-0.2, 0) is 25.1 Å². The maximum absolute atomic E-state index is 13.6. The van der Waals surface area contributed by atoms with Crippen LogP contribution in [-0.4, -0.2) is 47.2 Å². The van der Waals surface area contributed by atoms with Gasteiger partial charge in [-0.1, -0.05) is 48.5 Å². The van der Waals surface area contributed by atoms with Crippen LogP contribution in [0, 0.1) is 0 Å². The summed E-state index contributed by atoms with van der Waals surface area (Å²) in [5, 5.41) is 9.80. The van der Waals surface area contributed by atoms with Gasteiger partial charge in [0.05, 0.1) is 6.61 Å². The number of carboxylic acid groups (broad SMARTS) is 1. The van der Waals surface area contributed by atoms with Crippen LogP contribution < -0.4 is 5.30 Å². The summed E-state index contributed by atoms with van der Waals surface area (Å²) in [5.74, 6) is -1.46. The fraction of sp³-hybridized carbons (Fsp3) is 0.333. The Morgan fingerprint density at radius 3 is 2.36 bits per heavy atom. The average Bonchev–Trinajstić information content (AvgIpc) is 3.20. The van der Waals surface area contributed by atoms with Gasteiger partial charge in [0.2, 0.25) is 13.3 Å². The normalized spacial score (nSPS) is 18.6. The van der Waals surface area contributed by atoms with E-state index >= 15 is 0 Å². The highest BCUT2D eigenvalue weighted by Crippen LogP contribution is 2.46. The van der Waals surface area contributed by atoms with Crippen LogP contribution in [0.25, 0.3) is 0 Å². The minimum atomic E-state index is -3.46. The Morgan fingerprint density at radius 1 is 1.07 bits per heavy atom. The molecule has 1 aliphatic rings. The highest BCUT2D eigenvalue weighted by atomic mass is 31.2. The molecule has 1 fully saturated rings. The van der Waals surface area contributed by atoms with Crippen LogP contribution in [0.3, 0.4) is 0 Å². The predicted octanol–water partition coefficient (Wildman–Crippen LogP) is 2.92. The van der Waals surface area contributed by atoms with Gasteiger partial charge in [-0.25, -0.2) is 4.79 Å². The van der Waals surface area contributed by atoms with Crippen molar-refractivity contribution in [2.45, 2.75) is 25.3 Å². The first-order valence-corrected chi connectivity index (χ1v) is 11.2. The number of hydrogen-bond acceptors (Lipinski definition) is 4. The Hall–Kier alpha value is -2.43. The number of rotatable bonds is 8. The topological polar surface area (TPSA) is 83.9 Å². The lowest BCUT2D eigenvalue weighted by molar-refractivity contribution is -0.147. The minimum absolute atomic E-state index is 0.214. The summed E-state index contributed by atoms with van der Waals surface area (Å²) in [5.41, 5.74) is 1.05. The van der Waals surface area contributed by atoms with Crippen LogP contribution in [0.4, 0.5) is 0 Å². The highest BCUT2D eigenvalue weighted by molar-refractivity contribution is 7.67. The maximum atomic E-state index is 13.6. The molecule has 148 valence electrons. The van der Waals surface area contributed by atoms with Crippen molar-refractivity contribution in [2.24, 2.45) is 0 Å². The van der Waals surface area contributed by atoms with E-state index in [0.29, 0.717) is 31.1 Å². The lowest BCUT2D eigenvalue weighted by atomic mass is 10.2. The van der Waals surface area contributed by atoms with Gasteiger partial charge in [-0.3, -0.25) is 9.36 Å². The molecular formula is C21H24NO5P. The molecule has 28 heavy (non-hydrogen) atoms. The molecule has 1 amide bonds. The summed E-state index contributed by atoms with van der Waals surface area (Å²) >= 11 is 0. The van der Waals surface area contributed by atoms with Gasteiger partial charge < -0.3 is 14.5 Å². The minimum Gasteiger partial charge on any atom is -0.480 e. The number of carbonyl (C=O) groups excluding carboxylic acids is 1. The largest absolute Gasteiger partial charge is 0.480 e. The Labute approximate surface area is 164 Å². The van der Waals surface area contributed by atoms with E-state index in [4.69, 9.17) is 4.52 Å². The second kappa shape index (κ2) is 9.18. The van der Waals surface area contributed by atoms with Crippen LogP contribution in [0.5, 0.6) is 0 Å². The van der Waals surface area contributed by atoms with Gasteiger partial charge in [0.15, 0.2) is 0 Å². The molecule has 7 heteroatoms. The molecule has 0 bridgehead atoms. The Bertz CT molecular complexity index is 856. The number of nitrogens with zero attached hydrogens (tertiary/aromatic N) is 1. The molecule has 2 aromatic carbocycles. The standard InChI is InChI=1S/C21H24NO5P/c23-20(22-14-7-12-19(22)21(24)25)16-28(26,18-10-5-2-6-11-18)27-15-13-17-8-3-1-4-9-17/h1-6,8-11,19H,7,12-16H2,(H,24,25)/t19-,28?/m0/s1. The zero-order chi connectivity index (χ0) is 20.0. The molecular weight excluding hydrogens is 377 g/mol. The molecule has 0 aromatic heterocycles. The van der Waals surface area contributed by atoms with E-state index in [1.807, 2.05) is 30.3 Å². The summed E-state index contributed by atoms with van der Waals surface area (Å²) in [4.78, 5) is 25.5. The van der Waals surface area contributed by atoms with E-state index in [2.05, 4.69) is 0 Å². The quantitative estimate of drug-likeness (QED) is 0.688. The third kappa shape index (κ3) is 4.89. The van der Waals surface area contributed by atoms with E-state index in [9.17, 15) is 19.3 Å². The van der Waals surface area contributed by atoms with Crippen molar-refractivity contribution in [3.8, 4) is 0 Å². The molecule has 1 unspecified atom stereocenters. The highest BCUT2D eigenvalue weighted by Gasteiger charge is 2.38. The molecule has 2 atom stereocenters. The van der Waals surface area contributed by atoms with Crippen molar-refractivity contribution in [1.82, 2.24) is 4.90 Å². The van der Waals surface area contributed by atoms with Gasteiger partial charge >= 0.3 is 5.97 Å². The third-order valence-electron chi connectivity index (χ3n) is 4.88. The number of carboxylic acids is 1. The first-order chi connectivity index (χ1) is 13.5. The van der Waals surface area contributed by atoms with Crippen LogP contribution >= 0.6 is 7.37 Å².